The molecule has 0 radical (unpaired) electrons. The molecule has 5 atom stereocenters. The van der Waals surface area contributed by atoms with Gasteiger partial charge in [-0.2, -0.15) is 0 Å². The normalized spacial score (nSPS) is 14.2. The lowest BCUT2D eigenvalue weighted by Gasteiger charge is -2.42. The van der Waals surface area contributed by atoms with Crippen molar-refractivity contribution >= 4 is 64.4 Å². The highest BCUT2D eigenvalue weighted by Crippen LogP contribution is 2.37. The number of aromatic nitrogens is 1. The molecule has 0 saturated carbocycles. The number of aryl methyl sites for hydroxylation is 1. The summed E-state index contributed by atoms with van der Waals surface area (Å²) in [6.45, 7) is 23.0. The number of nitrogens with zero attached hydrogens (tertiary/aromatic N) is 3. The zero-order chi connectivity index (χ0) is 56.9. The molecule has 3 rings (SSSR count). The molecule has 20 heteroatoms. The zero-order valence-electron chi connectivity index (χ0n) is 46.8. The van der Waals surface area contributed by atoms with E-state index in [0.717, 1.165) is 16.5 Å². The number of carboxylic acids is 1. The lowest BCUT2D eigenvalue weighted by Crippen LogP contribution is -2.63. The van der Waals surface area contributed by atoms with Gasteiger partial charge in [0.2, 0.25) is 23.6 Å². The molecule has 0 aliphatic carbocycles. The Morgan fingerprint density at radius 3 is 1.95 bits per heavy atom. The second-order valence-electron chi connectivity index (χ2n) is 22.5. The Bertz CT molecular complexity index is 2540. The summed E-state index contributed by atoms with van der Waals surface area (Å²) in [6.07, 6.45) is 2.89. The Balaban J connectivity index is 1.91. The monoisotopic (exact) mass is 1050 g/mol. The van der Waals surface area contributed by atoms with Crippen molar-refractivity contribution in [3.05, 3.63) is 77.5 Å². The summed E-state index contributed by atoms with van der Waals surface area (Å²) in [5.74, 6) is -3.86. The minimum Gasteiger partial charge on any atom is -0.478 e. The number of hydrogen-bond acceptors (Lipinski definition) is 10. The number of carbonyl (C=O) groups is 8. The first kappa shape index (κ1) is 62.2. The van der Waals surface area contributed by atoms with E-state index in [1.54, 1.807) is 65.9 Å². The molecule has 0 spiro atoms. The number of para-hydroxylation sites is 1. The van der Waals surface area contributed by atoms with Gasteiger partial charge in [-0.1, -0.05) is 98.7 Å². The molecule has 0 fully saturated rings. The predicted molar refractivity (Wildman–Crippen MR) is 288 cm³/mol. The Morgan fingerprint density at radius 1 is 0.787 bits per heavy atom. The topological polar surface area (TPSA) is 273 Å². The maximum Gasteiger partial charge on any atom is 0.410 e. The number of amides is 8. The van der Waals surface area contributed by atoms with Crippen molar-refractivity contribution in [2.24, 2.45) is 30.0 Å². The number of benzene rings is 2. The smallest absolute Gasteiger partial charge is 0.410 e. The summed E-state index contributed by atoms with van der Waals surface area (Å²) in [7, 11) is 4.94. The number of nitrogens with one attached hydrogen (secondary N) is 5. The van der Waals surface area contributed by atoms with E-state index < -0.39 is 94.5 Å². The van der Waals surface area contributed by atoms with Gasteiger partial charge < -0.3 is 56.4 Å². The molecule has 0 bridgehead atoms. The van der Waals surface area contributed by atoms with Crippen LogP contribution in [-0.4, -0.2) is 124 Å². The average Bonchev–Trinajstić information content (AvgIpc) is 3.65. The number of anilines is 1. The molecule has 8 N–H and O–H groups in total. The molecule has 75 heavy (non-hydrogen) atoms. The van der Waals surface area contributed by atoms with Gasteiger partial charge in [0.05, 0.1) is 6.04 Å². The van der Waals surface area contributed by atoms with Crippen LogP contribution < -0.4 is 32.3 Å². The molecule has 0 aliphatic rings. The highest BCUT2D eigenvalue weighted by Gasteiger charge is 2.46. The standard InChI is InChI=1S/C55H83N9O11/c1-32(2)41(29-34(5)49(69)70)63(15)48(68)43(53(6,7)8)61-47(67)44(55(12,13)38-30-62(14)40-23-18-17-21-37(38)40)64(16)52(73)74-31-35-24-26-36(27-25-35)58-45(65)39(22-19-20-28-57-50(56)71)59-46(66)42(33(3)4)60-51(72)75-54(9,10)11/h17-18,21,23-27,29-30,32-33,39,41-44H,19-20,22,28,31H2,1-16H3,(H,58,65)(H,59,66)(H,60,72)(H,61,67)(H,69,70)(H3,56,57,71)/b34-29+/t39-,41+,42?,43+,44+/m0/s1. The number of unbranched alkanes of at least 4 members (excludes halogenated alkanes) is 1. The summed E-state index contributed by atoms with van der Waals surface area (Å²) in [5.41, 5.74) is 5.09. The Kier molecular flexibility index (Phi) is 21.9. The highest BCUT2D eigenvalue weighted by molar-refractivity contribution is 5.98. The van der Waals surface area contributed by atoms with E-state index in [9.17, 15) is 38.7 Å². The quantitative estimate of drug-likeness (QED) is 0.0377. The van der Waals surface area contributed by atoms with Crippen LogP contribution in [0.1, 0.15) is 120 Å². The van der Waals surface area contributed by atoms with Crippen LogP contribution >= 0.6 is 0 Å². The van der Waals surface area contributed by atoms with Gasteiger partial charge in [-0.15, -0.1) is 0 Å². The second kappa shape index (κ2) is 26.4. The number of aliphatic carboxylic acids is 1. The summed E-state index contributed by atoms with van der Waals surface area (Å²) in [4.78, 5) is 110. The van der Waals surface area contributed by atoms with Crippen molar-refractivity contribution in [2.75, 3.05) is 26.0 Å². The summed E-state index contributed by atoms with van der Waals surface area (Å²) in [6, 6.07) is 8.46. The minimum atomic E-state index is -1.25. The van der Waals surface area contributed by atoms with E-state index >= 15 is 4.79 Å². The molecule has 1 heterocycles. The Hall–Kier alpha value is -7.12. The first-order chi connectivity index (χ1) is 34.7. The molecule has 8 amide bonds. The number of nitrogens with two attached hydrogens (primary N) is 1. The second-order valence-corrected chi connectivity index (χ2v) is 22.5. The maximum absolute atomic E-state index is 15.0. The number of ether oxygens (including phenoxy) is 2. The van der Waals surface area contributed by atoms with Crippen LogP contribution in [0.3, 0.4) is 0 Å². The minimum absolute atomic E-state index is 0.0734. The van der Waals surface area contributed by atoms with E-state index in [1.807, 2.05) is 90.5 Å². The van der Waals surface area contributed by atoms with Gasteiger partial charge in [0, 0.05) is 61.5 Å². The summed E-state index contributed by atoms with van der Waals surface area (Å²) in [5, 5.41) is 24.2. The van der Waals surface area contributed by atoms with Crippen LogP contribution in [-0.2, 0) is 52.5 Å². The zero-order valence-corrected chi connectivity index (χ0v) is 46.8. The third-order valence-corrected chi connectivity index (χ3v) is 12.9. The van der Waals surface area contributed by atoms with Gasteiger partial charge in [-0.3, -0.25) is 24.1 Å². The molecule has 1 aromatic heterocycles. The Labute approximate surface area is 442 Å². The van der Waals surface area contributed by atoms with Crippen molar-refractivity contribution in [1.82, 2.24) is 35.6 Å². The number of alkyl carbamates (subject to hydrolysis) is 1. The van der Waals surface area contributed by atoms with Gasteiger partial charge >= 0.3 is 24.2 Å². The van der Waals surface area contributed by atoms with Crippen molar-refractivity contribution in [1.29, 1.82) is 0 Å². The maximum atomic E-state index is 15.0. The van der Waals surface area contributed by atoms with E-state index in [2.05, 4.69) is 26.6 Å². The fraction of sp³-hybridized carbons (Fsp3) is 0.564. The SMILES string of the molecule is C/C(=C\[C@H](C(C)C)N(C)C(=O)[C@@H](NC(=O)[C@@H](N(C)C(=O)OCc1ccc(NC(=O)[C@H](CCCCNC(N)=O)NC(=O)C(NC(=O)OC(C)(C)C)C(C)C)cc1)C(C)(C)c1cn(C)c2ccccc12)C(C)(C)C)C(=O)O. The molecule has 0 saturated heterocycles. The number of carboxylic acid groups (broad SMARTS) is 1. The molecule has 414 valence electrons. The number of hydrogen-bond donors (Lipinski definition) is 7. The molecule has 2 aromatic carbocycles. The lowest BCUT2D eigenvalue weighted by molar-refractivity contribution is -0.141. The Morgan fingerprint density at radius 2 is 1.40 bits per heavy atom. The first-order valence-electron chi connectivity index (χ1n) is 25.3. The van der Waals surface area contributed by atoms with Gasteiger partial charge in [-0.05, 0) is 93.5 Å². The first-order valence-corrected chi connectivity index (χ1v) is 25.3. The van der Waals surface area contributed by atoms with Crippen LogP contribution in [0.25, 0.3) is 10.9 Å². The van der Waals surface area contributed by atoms with Gasteiger partial charge in [0.15, 0.2) is 0 Å². The van der Waals surface area contributed by atoms with Crippen molar-refractivity contribution in [3.8, 4) is 0 Å². The fourth-order valence-electron chi connectivity index (χ4n) is 8.74. The number of carbonyl (C=O) groups excluding carboxylic acids is 7. The lowest BCUT2D eigenvalue weighted by atomic mass is 9.76. The van der Waals surface area contributed by atoms with E-state index in [4.69, 9.17) is 15.2 Å². The van der Waals surface area contributed by atoms with Crippen LogP contribution in [0, 0.1) is 17.3 Å². The van der Waals surface area contributed by atoms with Crippen LogP contribution in [0.4, 0.5) is 20.1 Å². The molecular weight excluding hydrogens is 963 g/mol. The molecular formula is C55H83N9O11. The van der Waals surface area contributed by atoms with Crippen molar-refractivity contribution < 1.29 is 52.9 Å². The van der Waals surface area contributed by atoms with Crippen molar-refractivity contribution in [2.45, 2.75) is 157 Å². The number of likely N-dealkylation sites (N-methyl/N-ethyl adjacent to an activating group) is 2. The summed E-state index contributed by atoms with van der Waals surface area (Å²) < 4.78 is 13.2. The van der Waals surface area contributed by atoms with E-state index in [-0.39, 0.29) is 37.0 Å². The molecule has 3 aromatic rings. The number of fused-ring (bicyclic) bond motifs is 1. The third-order valence-electron chi connectivity index (χ3n) is 12.9. The van der Waals surface area contributed by atoms with Crippen LogP contribution in [0.5, 0.6) is 0 Å². The predicted octanol–water partition coefficient (Wildman–Crippen LogP) is 6.95. The van der Waals surface area contributed by atoms with Gasteiger partial charge in [0.25, 0.3) is 0 Å². The summed E-state index contributed by atoms with van der Waals surface area (Å²) >= 11 is 0. The van der Waals surface area contributed by atoms with Gasteiger partial charge in [-0.25, -0.2) is 19.2 Å². The van der Waals surface area contributed by atoms with Crippen molar-refractivity contribution in [3.63, 3.8) is 0 Å². The van der Waals surface area contributed by atoms with Crippen LogP contribution in [0.2, 0.25) is 0 Å². The highest BCUT2D eigenvalue weighted by atomic mass is 16.6. The third kappa shape index (κ3) is 17.8. The number of rotatable bonds is 23. The van der Waals surface area contributed by atoms with Crippen LogP contribution in [0.15, 0.2) is 66.4 Å². The fourth-order valence-corrected chi connectivity index (χ4v) is 8.74. The van der Waals surface area contributed by atoms with Gasteiger partial charge in [0.1, 0.15) is 36.4 Å². The number of urea groups is 1. The molecule has 0 aliphatic heterocycles. The number of primary amides is 1. The molecule has 1 unspecified atom stereocenters. The average molecular weight is 1050 g/mol. The van der Waals surface area contributed by atoms with E-state index in [1.165, 1.54) is 29.8 Å². The largest absolute Gasteiger partial charge is 0.478 e. The molecule has 20 nitrogen and oxygen atoms in total. The van der Waals surface area contributed by atoms with E-state index in [0.29, 0.717) is 24.1 Å².